The molecule has 9 heterocycles. The molecule has 15 rings (SSSR count). The van der Waals surface area contributed by atoms with Crippen molar-refractivity contribution < 1.29 is 0 Å². The first-order valence-corrected chi connectivity index (χ1v) is 18.8. The number of aromatic amines is 6. The third-order valence-corrected chi connectivity index (χ3v) is 10.8. The third-order valence-electron chi connectivity index (χ3n) is 10.8. The molecule has 0 amide bonds. The van der Waals surface area contributed by atoms with Gasteiger partial charge >= 0.3 is 0 Å². The largest absolute Gasteiger partial charge is 0.343 e. The van der Waals surface area contributed by atoms with Gasteiger partial charge in [-0.25, -0.2) is 59.8 Å². The zero-order chi connectivity index (χ0) is 39.3. The second kappa shape index (κ2) is 12.2. The molecule has 0 spiro atoms. The van der Waals surface area contributed by atoms with Crippen molar-refractivity contribution in [1.82, 2.24) is 89.7 Å². The van der Waals surface area contributed by atoms with Crippen LogP contribution in [0, 0.1) is 0 Å². The molecule has 282 valence electrons. The minimum absolute atomic E-state index is 0.448. The minimum atomic E-state index is 0.448. The van der Waals surface area contributed by atoms with E-state index in [1.807, 2.05) is 0 Å². The van der Waals surface area contributed by atoms with Crippen molar-refractivity contribution >= 4 is 132 Å². The number of benzene rings is 6. The van der Waals surface area contributed by atoms with Crippen LogP contribution in [0.4, 0.5) is 0 Å². The number of aromatic nitrogens is 18. The molecule has 6 aromatic carbocycles. The van der Waals surface area contributed by atoms with Crippen LogP contribution in [0.1, 0.15) is 0 Å². The third kappa shape index (κ3) is 4.69. The van der Waals surface area contributed by atoms with Crippen LogP contribution in [0.15, 0.2) is 111 Å². The van der Waals surface area contributed by atoms with Gasteiger partial charge in [-0.15, -0.1) is 0 Å². The summed E-state index contributed by atoms with van der Waals surface area (Å²) in [5, 5.41) is 7.96. The van der Waals surface area contributed by atoms with Gasteiger partial charge in [-0.2, -0.15) is 0 Å². The Kier molecular flexibility index (Phi) is 6.53. The maximum absolute atomic E-state index is 4.65. The predicted octanol–water partition coefficient (Wildman–Crippen LogP) is 7.61. The number of hydrogen-bond acceptors (Lipinski definition) is 12. The second-order valence-corrected chi connectivity index (χ2v) is 14.1. The Morgan fingerprint density at radius 1 is 0.317 bits per heavy atom. The summed E-state index contributed by atoms with van der Waals surface area (Å²) in [6.07, 6.45) is 9.46. The van der Waals surface area contributed by atoms with E-state index in [1.54, 1.807) is 25.3 Å². The molecule has 15 aromatic rings. The van der Waals surface area contributed by atoms with Gasteiger partial charge in [-0.05, 0) is 32.3 Å². The summed E-state index contributed by atoms with van der Waals surface area (Å²) in [4.78, 5) is 71.2. The van der Waals surface area contributed by atoms with E-state index in [4.69, 9.17) is 0 Å². The summed E-state index contributed by atoms with van der Waals surface area (Å²) in [6, 6.07) is 26.0. The standard InChI is InChI=1S/C18H12.C15H6N12.C9H6N6/c1-3-7-15-13(5-1)9-11-18-16-8-4-2-6-14(16)10-12-17(15)18;1-16-10-11(17-1)23-5-4(22-10)6-8(26-14-12(24-6)18-2-20-14)9-7(5)25-13-15(27-9)21-3-19-13;1-10-4-5(11-1)7-9(15-3-13-7)8-6(4)12-2-14-8/h1-12H;1-3,22-23H,(H,16,17);1-3H,(H,10,11)(H,12,14)(H,13,15). The van der Waals surface area contributed by atoms with Gasteiger partial charge in [0.15, 0.2) is 33.9 Å². The van der Waals surface area contributed by atoms with E-state index in [9.17, 15) is 0 Å². The van der Waals surface area contributed by atoms with Crippen LogP contribution < -0.4 is 0 Å². The molecule has 0 saturated carbocycles. The van der Waals surface area contributed by atoms with E-state index in [1.165, 1.54) is 45.0 Å². The molecule has 0 unspecified atom stereocenters. The quantitative estimate of drug-likeness (QED) is 0.0814. The lowest BCUT2D eigenvalue weighted by Gasteiger charge is -2.08. The molecule has 18 nitrogen and oxygen atoms in total. The number of nitrogens with one attached hydrogen (secondary N) is 6. The number of rotatable bonds is 0. The van der Waals surface area contributed by atoms with E-state index >= 15 is 0 Å². The highest BCUT2D eigenvalue weighted by Crippen LogP contribution is 2.33. The van der Waals surface area contributed by atoms with Gasteiger partial charge < -0.3 is 29.9 Å². The van der Waals surface area contributed by atoms with Gasteiger partial charge in [0.2, 0.25) is 0 Å². The maximum atomic E-state index is 4.65. The first kappa shape index (κ1) is 32.1. The van der Waals surface area contributed by atoms with E-state index in [-0.39, 0.29) is 0 Å². The highest BCUT2D eigenvalue weighted by atomic mass is 15.1. The zero-order valence-electron chi connectivity index (χ0n) is 30.8. The van der Waals surface area contributed by atoms with E-state index in [2.05, 4.69) is 163 Å². The molecule has 0 aliphatic rings. The molecule has 0 atom stereocenters. The van der Waals surface area contributed by atoms with Crippen LogP contribution >= 0.6 is 0 Å². The summed E-state index contributed by atoms with van der Waals surface area (Å²) in [7, 11) is 0. The van der Waals surface area contributed by atoms with Crippen LogP contribution in [-0.2, 0) is 0 Å². The van der Waals surface area contributed by atoms with Crippen LogP contribution in [0.25, 0.3) is 132 Å². The number of H-pyrrole nitrogens is 6. The molecule has 9 aromatic heterocycles. The molecule has 6 N–H and O–H groups in total. The Balaban J connectivity index is 0.0000000977. The summed E-state index contributed by atoms with van der Waals surface area (Å²) in [6.45, 7) is 0. The highest BCUT2D eigenvalue weighted by molar-refractivity contribution is 6.21. The Hall–Kier alpha value is -9.06. The zero-order valence-corrected chi connectivity index (χ0v) is 30.8. The molecule has 18 heteroatoms. The lowest BCUT2D eigenvalue weighted by Crippen LogP contribution is -1.98. The number of hydrogen-bond donors (Lipinski definition) is 6. The summed E-state index contributed by atoms with van der Waals surface area (Å²) in [5.41, 5.74) is 12.3. The van der Waals surface area contributed by atoms with Gasteiger partial charge in [0.1, 0.15) is 51.3 Å². The topological polar surface area (TPSA) is 249 Å². The molecular formula is C42H24N18. The minimum Gasteiger partial charge on any atom is -0.343 e. The summed E-state index contributed by atoms with van der Waals surface area (Å²) < 4.78 is 0. The number of nitrogens with zero attached hydrogens (tertiary/aromatic N) is 12. The van der Waals surface area contributed by atoms with Gasteiger partial charge in [0, 0.05) is 0 Å². The summed E-state index contributed by atoms with van der Waals surface area (Å²) in [5.74, 6) is 0. The Labute approximate surface area is 332 Å². The lowest BCUT2D eigenvalue weighted by molar-refractivity contribution is 1.29. The van der Waals surface area contributed by atoms with Crippen molar-refractivity contribution in [3.63, 3.8) is 0 Å². The number of fused-ring (bicyclic) bond motifs is 20. The molecule has 60 heavy (non-hydrogen) atoms. The number of imidazole rings is 6. The van der Waals surface area contributed by atoms with Crippen molar-refractivity contribution in [2.75, 3.05) is 0 Å². The fourth-order valence-electron chi connectivity index (χ4n) is 8.11. The van der Waals surface area contributed by atoms with Crippen LogP contribution in [0.2, 0.25) is 0 Å². The van der Waals surface area contributed by atoms with Gasteiger partial charge in [0.25, 0.3) is 0 Å². The van der Waals surface area contributed by atoms with Crippen molar-refractivity contribution in [1.29, 1.82) is 0 Å². The van der Waals surface area contributed by atoms with Gasteiger partial charge in [-0.3, -0.25) is 0 Å². The second-order valence-electron chi connectivity index (χ2n) is 14.1. The normalized spacial score (nSPS) is 12.0. The lowest BCUT2D eigenvalue weighted by atomic mass is 9.97. The smallest absolute Gasteiger partial charge is 0.200 e. The molecule has 0 saturated heterocycles. The van der Waals surface area contributed by atoms with E-state index in [0.29, 0.717) is 61.3 Å². The SMILES string of the molecule is c1ccc2c(c1)ccc1c3ccccc3ccc21.c1nc2c3nc[nH]c3c3[nH]cnc3c2[nH]1.c1nc2nc3c4nc5ncnc5nc4c4[nH]c5[nH]cnc5[nH]c4c3nc2n1. The molecular weight excluding hydrogens is 757 g/mol. The Bertz CT molecular complexity index is 3550. The first-order chi connectivity index (χ1) is 29.7. The Morgan fingerprint density at radius 2 is 0.783 bits per heavy atom. The van der Waals surface area contributed by atoms with Gasteiger partial charge in [-0.1, -0.05) is 72.8 Å². The van der Waals surface area contributed by atoms with Crippen molar-refractivity contribution in [3.05, 3.63) is 111 Å². The maximum Gasteiger partial charge on any atom is 0.200 e. The predicted molar refractivity (Wildman–Crippen MR) is 229 cm³/mol. The average Bonchev–Trinajstić information content (AvgIpc) is 4.15. The monoisotopic (exact) mass is 780 g/mol. The fourth-order valence-corrected chi connectivity index (χ4v) is 8.11. The average molecular weight is 781 g/mol. The molecule has 0 aliphatic carbocycles. The Morgan fingerprint density at radius 3 is 1.38 bits per heavy atom. The molecule has 0 radical (unpaired) electrons. The first-order valence-electron chi connectivity index (χ1n) is 18.8. The summed E-state index contributed by atoms with van der Waals surface area (Å²) >= 11 is 0. The van der Waals surface area contributed by atoms with E-state index in [0.717, 1.165) is 38.7 Å². The molecule has 0 aliphatic heterocycles. The van der Waals surface area contributed by atoms with E-state index < -0.39 is 0 Å². The van der Waals surface area contributed by atoms with Crippen LogP contribution in [-0.4, -0.2) is 89.7 Å². The van der Waals surface area contributed by atoms with Crippen molar-refractivity contribution in [2.45, 2.75) is 0 Å². The fraction of sp³-hybridized carbons (Fsp3) is 0. The van der Waals surface area contributed by atoms with Gasteiger partial charge in [0.05, 0.1) is 52.9 Å². The molecule has 0 bridgehead atoms. The molecule has 0 fully saturated rings. The highest BCUT2D eigenvalue weighted by Gasteiger charge is 2.19. The van der Waals surface area contributed by atoms with Crippen molar-refractivity contribution in [3.8, 4) is 0 Å². The van der Waals surface area contributed by atoms with Crippen LogP contribution in [0.3, 0.4) is 0 Å². The van der Waals surface area contributed by atoms with Crippen LogP contribution in [0.5, 0.6) is 0 Å². The van der Waals surface area contributed by atoms with Crippen molar-refractivity contribution in [2.24, 2.45) is 0 Å².